The Kier molecular flexibility index (Phi) is 6.90. The fraction of sp³-hybridized carbons (Fsp3) is 0.520. The van der Waals surface area contributed by atoms with Gasteiger partial charge in [-0.25, -0.2) is 9.37 Å². The number of rotatable bonds is 5. The molecule has 1 spiro atoms. The summed E-state index contributed by atoms with van der Waals surface area (Å²) in [6.07, 6.45) is 5.59. The van der Waals surface area contributed by atoms with E-state index in [2.05, 4.69) is 10.3 Å². The molecule has 0 bridgehead atoms. The van der Waals surface area contributed by atoms with Gasteiger partial charge in [0.15, 0.2) is 5.69 Å². The molecule has 2 aromatic rings. The topological polar surface area (TPSA) is 110 Å². The van der Waals surface area contributed by atoms with Crippen molar-refractivity contribution in [3.05, 3.63) is 46.3 Å². The summed E-state index contributed by atoms with van der Waals surface area (Å²) in [5, 5.41) is 2.97. The number of piperidine rings is 1. The molecule has 3 amide bonds. The Morgan fingerprint density at radius 3 is 2.57 bits per heavy atom. The number of carbonyl (C=O) groups is 3. The van der Waals surface area contributed by atoms with Crippen molar-refractivity contribution in [3.8, 4) is 0 Å². The fourth-order valence-electron chi connectivity index (χ4n) is 5.42. The van der Waals surface area contributed by atoms with Gasteiger partial charge in [-0.1, -0.05) is 11.6 Å². The summed E-state index contributed by atoms with van der Waals surface area (Å²) in [6, 6.07) is 2.68. The summed E-state index contributed by atoms with van der Waals surface area (Å²) in [6.45, 7) is 5.84. The van der Waals surface area contributed by atoms with Gasteiger partial charge in [-0.2, -0.15) is 0 Å². The molecule has 2 fully saturated rings. The Bertz CT molecular complexity index is 1170. The minimum Gasteiger partial charge on any atom is -0.364 e. The maximum Gasteiger partial charge on any atom is 0.272 e. The Morgan fingerprint density at radius 2 is 1.94 bits per heavy atom. The Hall–Kier alpha value is -2.94. The first kappa shape index (κ1) is 25.2. The van der Waals surface area contributed by atoms with E-state index in [1.165, 1.54) is 12.4 Å². The first-order valence-corrected chi connectivity index (χ1v) is 12.4. The van der Waals surface area contributed by atoms with Crippen LogP contribution in [-0.4, -0.2) is 39.9 Å². The van der Waals surface area contributed by atoms with Crippen LogP contribution in [-0.2, 0) is 4.79 Å². The molecule has 1 aromatic carbocycles. The minimum absolute atomic E-state index is 0.00728. The second-order valence-electron chi connectivity index (χ2n) is 9.97. The number of benzene rings is 1. The fourth-order valence-corrected chi connectivity index (χ4v) is 5.68. The lowest BCUT2D eigenvalue weighted by atomic mass is 9.67. The molecule has 1 saturated carbocycles. The second-order valence-corrected chi connectivity index (χ2v) is 10.4. The Morgan fingerprint density at radius 1 is 1.26 bits per heavy atom. The number of hydrogen-bond donors (Lipinski definition) is 2. The average molecular weight is 504 g/mol. The van der Waals surface area contributed by atoms with Crippen molar-refractivity contribution < 1.29 is 18.8 Å². The van der Waals surface area contributed by atoms with Gasteiger partial charge >= 0.3 is 0 Å². The van der Waals surface area contributed by atoms with Crippen molar-refractivity contribution in [2.45, 2.75) is 71.4 Å². The van der Waals surface area contributed by atoms with E-state index in [9.17, 15) is 18.8 Å². The number of nitrogens with two attached hydrogens (primary N) is 1. The number of halogens is 2. The zero-order chi connectivity index (χ0) is 25.5. The molecule has 4 rings (SSSR count). The predicted molar refractivity (Wildman–Crippen MR) is 131 cm³/mol. The first-order valence-electron chi connectivity index (χ1n) is 12.0. The number of hydrogen-bond acceptors (Lipinski definition) is 4. The number of carbonyl (C=O) groups excluding carboxylic acids is 3. The van der Waals surface area contributed by atoms with E-state index in [0.717, 1.165) is 12.8 Å². The third kappa shape index (κ3) is 4.66. The average Bonchev–Trinajstić information content (AvgIpc) is 3.24. The Labute approximate surface area is 209 Å². The minimum atomic E-state index is -0.710. The highest BCUT2D eigenvalue weighted by atomic mass is 35.5. The highest BCUT2D eigenvalue weighted by Gasteiger charge is 2.47. The summed E-state index contributed by atoms with van der Waals surface area (Å²) in [4.78, 5) is 44.4. The molecule has 0 radical (unpaired) electrons. The number of anilines is 1. The summed E-state index contributed by atoms with van der Waals surface area (Å²) in [5.74, 6) is -1.54. The molecule has 188 valence electrons. The van der Waals surface area contributed by atoms with Crippen LogP contribution in [0.15, 0.2) is 18.5 Å². The van der Waals surface area contributed by atoms with Gasteiger partial charge in [0.05, 0.1) is 17.0 Å². The highest BCUT2D eigenvalue weighted by molar-refractivity contribution is 6.34. The first-order chi connectivity index (χ1) is 16.5. The summed E-state index contributed by atoms with van der Waals surface area (Å²) < 4.78 is 15.6. The quantitative estimate of drug-likeness (QED) is 0.638. The molecule has 2 heterocycles. The molecular weight excluding hydrogens is 473 g/mol. The van der Waals surface area contributed by atoms with E-state index in [0.29, 0.717) is 43.5 Å². The van der Waals surface area contributed by atoms with Crippen LogP contribution >= 0.6 is 11.6 Å². The van der Waals surface area contributed by atoms with Crippen LogP contribution in [0.25, 0.3) is 0 Å². The second kappa shape index (κ2) is 9.60. The lowest BCUT2D eigenvalue weighted by Crippen LogP contribution is -2.50. The van der Waals surface area contributed by atoms with E-state index >= 15 is 0 Å². The molecule has 2 aliphatic rings. The van der Waals surface area contributed by atoms with E-state index in [-0.39, 0.29) is 34.4 Å². The van der Waals surface area contributed by atoms with Gasteiger partial charge in [0, 0.05) is 24.0 Å². The van der Waals surface area contributed by atoms with Crippen molar-refractivity contribution in [2.24, 2.45) is 11.1 Å². The van der Waals surface area contributed by atoms with Crippen LogP contribution in [0, 0.1) is 18.2 Å². The van der Waals surface area contributed by atoms with Crippen molar-refractivity contribution in [1.82, 2.24) is 14.9 Å². The standard InChI is InChI=1S/C25H31ClFN5O3/c1-14(2)30-23(34)20-21(22(28)33)32(13-29-20)16-5-8-25(9-6-16)7-4-10-31(24(25)35)19-11-15(3)18(27)12-17(19)26/h11-14,16H,4-10H2,1-3H3,(H2,28,33)(H,30,34). The third-order valence-corrected chi connectivity index (χ3v) is 7.53. The lowest BCUT2D eigenvalue weighted by Gasteiger charge is -2.46. The van der Waals surface area contributed by atoms with E-state index in [1.54, 1.807) is 22.5 Å². The van der Waals surface area contributed by atoms with Crippen molar-refractivity contribution in [2.75, 3.05) is 11.4 Å². The van der Waals surface area contributed by atoms with Crippen LogP contribution in [0.5, 0.6) is 0 Å². The largest absolute Gasteiger partial charge is 0.364 e. The van der Waals surface area contributed by atoms with Crippen LogP contribution in [0.3, 0.4) is 0 Å². The molecule has 1 aliphatic heterocycles. The number of aryl methyl sites for hydroxylation is 1. The van der Waals surface area contributed by atoms with Gasteiger partial charge in [0.25, 0.3) is 11.8 Å². The molecular formula is C25H31ClFN5O3. The summed E-state index contributed by atoms with van der Waals surface area (Å²) in [5.41, 5.74) is 6.20. The number of nitrogens with zero attached hydrogens (tertiary/aromatic N) is 3. The predicted octanol–water partition coefficient (Wildman–Crippen LogP) is 4.15. The molecule has 1 aromatic heterocycles. The Balaban J connectivity index is 1.55. The van der Waals surface area contributed by atoms with E-state index in [4.69, 9.17) is 17.3 Å². The SMILES string of the molecule is Cc1cc(N2CCCC3(CCC(n4cnc(C(=O)NC(C)C)c4C(N)=O)CC3)C2=O)c(Cl)cc1F. The van der Waals surface area contributed by atoms with Crippen molar-refractivity contribution >= 4 is 35.0 Å². The number of aromatic nitrogens is 2. The van der Waals surface area contributed by atoms with Gasteiger partial charge in [-0.05, 0) is 77.0 Å². The molecule has 1 saturated heterocycles. The monoisotopic (exact) mass is 503 g/mol. The zero-order valence-corrected chi connectivity index (χ0v) is 21.0. The van der Waals surface area contributed by atoms with Crippen molar-refractivity contribution in [3.63, 3.8) is 0 Å². The summed E-state index contributed by atoms with van der Waals surface area (Å²) in [7, 11) is 0. The smallest absolute Gasteiger partial charge is 0.272 e. The van der Waals surface area contributed by atoms with Gasteiger partial charge in [0.1, 0.15) is 11.5 Å². The number of primary amides is 1. The maximum atomic E-state index is 13.9. The maximum absolute atomic E-state index is 13.9. The molecule has 0 unspecified atom stereocenters. The highest BCUT2D eigenvalue weighted by Crippen LogP contribution is 2.49. The van der Waals surface area contributed by atoms with Gasteiger partial charge in [-0.15, -0.1) is 0 Å². The lowest BCUT2D eigenvalue weighted by molar-refractivity contribution is -0.133. The summed E-state index contributed by atoms with van der Waals surface area (Å²) >= 11 is 6.32. The zero-order valence-electron chi connectivity index (χ0n) is 20.2. The molecule has 3 N–H and O–H groups in total. The van der Waals surface area contributed by atoms with Crippen LogP contribution in [0.2, 0.25) is 5.02 Å². The molecule has 8 nitrogen and oxygen atoms in total. The van der Waals surface area contributed by atoms with Gasteiger partial charge in [-0.3, -0.25) is 14.4 Å². The normalized spacial score (nSPS) is 22.6. The molecule has 1 aliphatic carbocycles. The number of nitrogens with one attached hydrogen (secondary N) is 1. The molecule has 35 heavy (non-hydrogen) atoms. The molecule has 10 heteroatoms. The number of amides is 3. The third-order valence-electron chi connectivity index (χ3n) is 7.22. The van der Waals surface area contributed by atoms with Crippen LogP contribution in [0.1, 0.15) is 85.0 Å². The van der Waals surface area contributed by atoms with Crippen LogP contribution in [0.4, 0.5) is 10.1 Å². The van der Waals surface area contributed by atoms with E-state index < -0.39 is 23.0 Å². The van der Waals surface area contributed by atoms with Crippen LogP contribution < -0.4 is 16.0 Å². The molecule has 0 atom stereocenters. The van der Waals surface area contributed by atoms with Gasteiger partial charge < -0.3 is 20.5 Å². The van der Waals surface area contributed by atoms with Crippen molar-refractivity contribution in [1.29, 1.82) is 0 Å². The van der Waals surface area contributed by atoms with Gasteiger partial charge in [0.2, 0.25) is 5.91 Å². The van der Waals surface area contributed by atoms with E-state index in [1.807, 2.05) is 13.8 Å². The number of imidazole rings is 1.